The number of nitrogen functional groups attached to an aromatic ring is 1. The number of anilines is 1. The molecule has 2 rings (SSSR count). The molecule has 1 fully saturated rings. The lowest BCUT2D eigenvalue weighted by atomic mass is 10.1. The van der Waals surface area contributed by atoms with Gasteiger partial charge >= 0.3 is 0 Å². The van der Waals surface area contributed by atoms with Crippen LogP contribution in [-0.4, -0.2) is 49.7 Å². The maximum absolute atomic E-state index is 12.3. The topological polar surface area (TPSA) is 110 Å². The highest BCUT2D eigenvalue weighted by molar-refractivity contribution is 7.86. The summed E-state index contributed by atoms with van der Waals surface area (Å²) in [6, 6.07) is 4.66. The summed E-state index contributed by atoms with van der Waals surface area (Å²) < 4.78 is 23.5. The number of amides is 1. The van der Waals surface area contributed by atoms with Crippen LogP contribution in [0.15, 0.2) is 18.2 Å². The Bertz CT molecular complexity index is 627. The van der Waals surface area contributed by atoms with Gasteiger partial charge in [-0.1, -0.05) is 11.6 Å². The Labute approximate surface area is 122 Å². The van der Waals surface area contributed by atoms with Crippen LogP contribution in [0.1, 0.15) is 10.4 Å². The lowest BCUT2D eigenvalue weighted by molar-refractivity contribution is 0.0699. The highest BCUT2D eigenvalue weighted by Crippen LogP contribution is 2.20. The molecule has 4 N–H and O–H groups in total. The van der Waals surface area contributed by atoms with Gasteiger partial charge in [-0.05, 0) is 18.2 Å². The average Bonchev–Trinajstić information content (AvgIpc) is 2.37. The van der Waals surface area contributed by atoms with E-state index in [1.54, 1.807) is 17.0 Å². The van der Waals surface area contributed by atoms with E-state index in [1.807, 2.05) is 0 Å². The molecule has 7 nitrogen and oxygen atoms in total. The third-order valence-electron chi connectivity index (χ3n) is 3.13. The van der Waals surface area contributed by atoms with E-state index in [1.165, 1.54) is 6.07 Å². The normalized spacial score (nSPS) is 17.2. The first-order valence-corrected chi connectivity index (χ1v) is 7.79. The summed E-state index contributed by atoms with van der Waals surface area (Å²) in [6.07, 6.45) is 0. The van der Waals surface area contributed by atoms with Crippen molar-refractivity contribution in [2.24, 2.45) is 5.14 Å². The standard InChI is InChI=1S/C11H15ClN4O3S/c12-8-1-2-9(10(13)7-8)11(17)15-3-5-16(6-4-15)20(14,18)19/h1-2,7H,3-6,13H2,(H2,14,18,19). The van der Waals surface area contributed by atoms with Crippen LogP contribution in [0.5, 0.6) is 0 Å². The molecule has 1 heterocycles. The van der Waals surface area contributed by atoms with Crippen molar-refractivity contribution in [2.45, 2.75) is 0 Å². The van der Waals surface area contributed by atoms with Gasteiger partial charge < -0.3 is 10.6 Å². The second-order valence-corrected chi connectivity index (χ2v) is 6.45. The number of benzene rings is 1. The Morgan fingerprint density at radius 3 is 2.30 bits per heavy atom. The summed E-state index contributed by atoms with van der Waals surface area (Å²) in [5.74, 6) is -0.242. The second kappa shape index (κ2) is 5.57. The molecule has 0 atom stereocenters. The van der Waals surface area contributed by atoms with Gasteiger partial charge in [0.2, 0.25) is 0 Å². The molecule has 1 amide bonds. The van der Waals surface area contributed by atoms with Gasteiger partial charge in [0, 0.05) is 36.9 Å². The van der Waals surface area contributed by atoms with Gasteiger partial charge in [0.15, 0.2) is 0 Å². The Morgan fingerprint density at radius 1 is 1.20 bits per heavy atom. The molecular weight excluding hydrogens is 304 g/mol. The summed E-state index contributed by atoms with van der Waals surface area (Å²) in [5.41, 5.74) is 6.43. The van der Waals surface area contributed by atoms with Crippen LogP contribution in [0.25, 0.3) is 0 Å². The molecule has 0 unspecified atom stereocenters. The van der Waals surface area contributed by atoms with E-state index in [2.05, 4.69) is 0 Å². The van der Waals surface area contributed by atoms with Crippen molar-refractivity contribution in [3.63, 3.8) is 0 Å². The quantitative estimate of drug-likeness (QED) is 0.741. The van der Waals surface area contributed by atoms with Crippen LogP contribution in [0, 0.1) is 0 Å². The van der Waals surface area contributed by atoms with Gasteiger partial charge in [-0.3, -0.25) is 4.79 Å². The molecule has 9 heteroatoms. The summed E-state index contributed by atoms with van der Waals surface area (Å²) >= 11 is 5.78. The molecule has 1 aromatic rings. The molecule has 1 saturated heterocycles. The lowest BCUT2D eigenvalue weighted by Gasteiger charge is -2.33. The van der Waals surface area contributed by atoms with Crippen molar-refractivity contribution in [1.29, 1.82) is 0 Å². The Balaban J connectivity index is 2.09. The first-order valence-electron chi connectivity index (χ1n) is 5.91. The number of hydrogen-bond acceptors (Lipinski definition) is 4. The number of carbonyl (C=O) groups excluding carboxylic acids is 1. The van der Waals surface area contributed by atoms with Crippen LogP contribution in [-0.2, 0) is 10.2 Å². The SMILES string of the molecule is Nc1cc(Cl)ccc1C(=O)N1CCN(S(N)(=O)=O)CC1. The van der Waals surface area contributed by atoms with E-state index in [9.17, 15) is 13.2 Å². The van der Waals surface area contributed by atoms with Gasteiger partial charge in [-0.2, -0.15) is 12.7 Å². The van der Waals surface area contributed by atoms with Crippen LogP contribution < -0.4 is 10.9 Å². The minimum Gasteiger partial charge on any atom is -0.398 e. The second-order valence-electron chi connectivity index (χ2n) is 4.47. The lowest BCUT2D eigenvalue weighted by Crippen LogP contribution is -2.52. The van der Waals surface area contributed by atoms with Crippen molar-refractivity contribution in [3.8, 4) is 0 Å². The minimum atomic E-state index is -3.70. The fraction of sp³-hybridized carbons (Fsp3) is 0.364. The van der Waals surface area contributed by atoms with Crippen LogP contribution in [0.4, 0.5) is 5.69 Å². The third kappa shape index (κ3) is 3.21. The number of piperazine rings is 1. The molecule has 0 spiro atoms. The van der Waals surface area contributed by atoms with Gasteiger partial charge in [0.05, 0.1) is 5.56 Å². The Hall–Kier alpha value is -1.35. The average molecular weight is 319 g/mol. The van der Waals surface area contributed by atoms with E-state index < -0.39 is 10.2 Å². The zero-order valence-electron chi connectivity index (χ0n) is 10.6. The molecule has 1 aromatic carbocycles. The van der Waals surface area contributed by atoms with Gasteiger partial charge in [-0.15, -0.1) is 0 Å². The van der Waals surface area contributed by atoms with Gasteiger partial charge in [-0.25, -0.2) is 5.14 Å². The predicted octanol–water partition coefficient (Wildman–Crippen LogP) is -0.117. The first-order chi connectivity index (χ1) is 9.29. The highest BCUT2D eigenvalue weighted by Gasteiger charge is 2.27. The van der Waals surface area contributed by atoms with E-state index in [0.717, 1.165) is 4.31 Å². The molecule has 20 heavy (non-hydrogen) atoms. The Morgan fingerprint density at radius 2 is 1.80 bits per heavy atom. The smallest absolute Gasteiger partial charge is 0.277 e. The van der Waals surface area contributed by atoms with Crippen molar-refractivity contribution in [2.75, 3.05) is 31.9 Å². The van der Waals surface area contributed by atoms with E-state index in [-0.39, 0.29) is 32.1 Å². The molecular formula is C11H15ClN4O3S. The molecule has 0 saturated carbocycles. The summed E-state index contributed by atoms with van der Waals surface area (Å²) in [5, 5.41) is 5.50. The zero-order valence-corrected chi connectivity index (χ0v) is 12.2. The number of nitrogens with two attached hydrogens (primary N) is 2. The predicted molar refractivity (Wildman–Crippen MR) is 76.4 cm³/mol. The maximum Gasteiger partial charge on any atom is 0.277 e. The first kappa shape index (κ1) is 15.0. The van der Waals surface area contributed by atoms with Crippen LogP contribution in [0.3, 0.4) is 0 Å². The van der Waals surface area contributed by atoms with Crippen molar-refractivity contribution in [3.05, 3.63) is 28.8 Å². The largest absolute Gasteiger partial charge is 0.398 e. The number of carbonyl (C=O) groups is 1. The summed E-state index contributed by atoms with van der Waals surface area (Å²) in [7, 11) is -3.70. The van der Waals surface area contributed by atoms with Crippen LogP contribution in [0.2, 0.25) is 5.02 Å². The molecule has 1 aliphatic rings. The van der Waals surface area contributed by atoms with E-state index in [4.69, 9.17) is 22.5 Å². The highest BCUT2D eigenvalue weighted by atomic mass is 35.5. The van der Waals surface area contributed by atoms with Gasteiger partial charge in [0.25, 0.3) is 16.1 Å². The summed E-state index contributed by atoms with van der Waals surface area (Å²) in [6.45, 7) is 0.908. The monoisotopic (exact) mass is 318 g/mol. The number of nitrogens with zero attached hydrogens (tertiary/aromatic N) is 2. The fourth-order valence-corrected chi connectivity index (χ4v) is 2.90. The van der Waals surface area contributed by atoms with E-state index >= 15 is 0 Å². The van der Waals surface area contributed by atoms with Gasteiger partial charge in [0.1, 0.15) is 0 Å². The van der Waals surface area contributed by atoms with E-state index in [0.29, 0.717) is 16.3 Å². The Kier molecular flexibility index (Phi) is 4.19. The fourth-order valence-electron chi connectivity index (χ4n) is 2.04. The molecule has 0 bridgehead atoms. The number of rotatable bonds is 2. The molecule has 0 radical (unpaired) electrons. The van der Waals surface area contributed by atoms with Crippen LogP contribution >= 0.6 is 11.6 Å². The third-order valence-corrected chi connectivity index (χ3v) is 4.45. The molecule has 0 aliphatic carbocycles. The number of hydrogen-bond donors (Lipinski definition) is 2. The van der Waals surface area contributed by atoms with Crippen molar-refractivity contribution < 1.29 is 13.2 Å². The maximum atomic E-state index is 12.3. The number of halogens is 1. The summed E-state index contributed by atoms with van der Waals surface area (Å²) in [4.78, 5) is 13.8. The minimum absolute atomic E-state index is 0.179. The molecule has 110 valence electrons. The molecule has 1 aliphatic heterocycles. The van der Waals surface area contributed by atoms with Crippen molar-refractivity contribution in [1.82, 2.24) is 9.21 Å². The van der Waals surface area contributed by atoms with Crippen molar-refractivity contribution >= 4 is 33.4 Å². The molecule has 0 aromatic heterocycles. The zero-order chi connectivity index (χ0) is 14.9.